The molecule has 0 aliphatic heterocycles. The van der Waals surface area contributed by atoms with Crippen molar-refractivity contribution in [3.05, 3.63) is 89.5 Å². The first kappa shape index (κ1) is 38.8. The third-order valence-electron chi connectivity index (χ3n) is 6.57. The lowest BCUT2D eigenvalue weighted by atomic mass is 10.2. The molecule has 0 radical (unpaired) electrons. The summed E-state index contributed by atoms with van der Waals surface area (Å²) < 4.78 is 17.4. The fraction of sp³-hybridized carbons (Fsp3) is 0.429. The molecule has 1 unspecified atom stereocenters. The van der Waals surface area contributed by atoms with E-state index in [2.05, 4.69) is 77.1 Å². The zero-order chi connectivity index (χ0) is 33.3. The summed E-state index contributed by atoms with van der Waals surface area (Å²) in [7, 11) is 0. The topological polar surface area (TPSA) is 27.7 Å². The second-order valence-electron chi connectivity index (χ2n) is 10.5. The van der Waals surface area contributed by atoms with Gasteiger partial charge in [0, 0.05) is 19.3 Å². The van der Waals surface area contributed by atoms with Crippen molar-refractivity contribution in [3.8, 4) is 52.8 Å². The van der Waals surface area contributed by atoms with Gasteiger partial charge in [-0.2, -0.15) is 0 Å². The van der Waals surface area contributed by atoms with Gasteiger partial charge < -0.3 is 14.2 Å². The molecule has 0 amide bonds. The van der Waals surface area contributed by atoms with Gasteiger partial charge in [-0.3, -0.25) is 0 Å². The lowest BCUT2D eigenvalue weighted by Crippen LogP contribution is -2.10. The maximum absolute atomic E-state index is 5.79. The van der Waals surface area contributed by atoms with E-state index in [0.717, 1.165) is 72.5 Å². The van der Waals surface area contributed by atoms with Crippen molar-refractivity contribution in [2.24, 2.45) is 0 Å². The van der Waals surface area contributed by atoms with Crippen molar-refractivity contribution < 1.29 is 14.2 Å². The molecule has 3 atom stereocenters. The molecule has 0 bridgehead atoms. The highest BCUT2D eigenvalue weighted by Crippen LogP contribution is 2.21. The molecule has 0 fully saturated rings. The maximum Gasteiger partial charge on any atom is 0.135 e. The molecule has 0 aromatic heterocycles. The van der Waals surface area contributed by atoms with Gasteiger partial charge in [-0.25, -0.2) is 0 Å². The Morgan fingerprint density at radius 1 is 0.422 bits per heavy atom. The van der Waals surface area contributed by atoms with E-state index in [9.17, 15) is 0 Å². The molecule has 0 aliphatic rings. The van der Waals surface area contributed by atoms with Crippen LogP contribution in [0.15, 0.2) is 72.8 Å². The summed E-state index contributed by atoms with van der Waals surface area (Å²) in [5.41, 5.74) is 2.96. The van der Waals surface area contributed by atoms with Gasteiger partial charge in [0.25, 0.3) is 0 Å². The molecule has 3 aromatic carbocycles. The Bertz CT molecular complexity index is 1250. The molecule has 0 heterocycles. The number of hydrogen-bond acceptors (Lipinski definition) is 3. The SMILES string of the molecule is CCC#Cc1ccccc1OC(C)CC.CCC#Cc1ccccc1O[C@@H](C)CC.CCC#Cc1ccccc1O[C@H](C)CC. The highest BCUT2D eigenvalue weighted by molar-refractivity contribution is 5.47. The van der Waals surface area contributed by atoms with Crippen molar-refractivity contribution in [2.75, 3.05) is 0 Å². The Balaban J connectivity index is 0.000000337. The number of rotatable bonds is 9. The van der Waals surface area contributed by atoms with Crippen LogP contribution in [0.5, 0.6) is 17.2 Å². The van der Waals surface area contributed by atoms with Gasteiger partial charge in [0.2, 0.25) is 0 Å². The zero-order valence-corrected chi connectivity index (χ0v) is 29.1. The molecule has 3 nitrogen and oxygen atoms in total. The summed E-state index contributed by atoms with van der Waals surface area (Å²) in [6.07, 6.45) is 6.38. The Kier molecular flexibility index (Phi) is 20.8. The van der Waals surface area contributed by atoms with E-state index in [1.807, 2.05) is 93.6 Å². The molecule has 0 aliphatic carbocycles. The average molecular weight is 607 g/mol. The predicted octanol–water partition coefficient (Wildman–Crippen LogP) is 10.9. The van der Waals surface area contributed by atoms with Crippen LogP contribution in [-0.2, 0) is 0 Å². The first-order valence-corrected chi connectivity index (χ1v) is 16.6. The summed E-state index contributed by atoms with van der Waals surface area (Å²) in [5.74, 6) is 21.2. The van der Waals surface area contributed by atoms with Gasteiger partial charge in [-0.05, 0) is 76.4 Å². The van der Waals surface area contributed by atoms with E-state index < -0.39 is 0 Å². The van der Waals surface area contributed by atoms with Crippen LogP contribution in [-0.4, -0.2) is 18.3 Å². The number of ether oxygens (including phenoxy) is 3. The lowest BCUT2D eigenvalue weighted by molar-refractivity contribution is 0.216. The predicted molar refractivity (Wildman–Crippen MR) is 192 cm³/mol. The van der Waals surface area contributed by atoms with Gasteiger partial charge in [0.05, 0.1) is 35.0 Å². The molecule has 0 N–H and O–H groups in total. The average Bonchev–Trinajstić information content (AvgIpc) is 3.07. The van der Waals surface area contributed by atoms with E-state index in [0.29, 0.717) is 0 Å². The van der Waals surface area contributed by atoms with Crippen LogP contribution in [0.25, 0.3) is 0 Å². The normalized spacial score (nSPS) is 11.4. The van der Waals surface area contributed by atoms with Crippen molar-refractivity contribution in [1.82, 2.24) is 0 Å². The minimum atomic E-state index is 0.245. The van der Waals surface area contributed by atoms with Gasteiger partial charge in [-0.1, -0.05) is 113 Å². The van der Waals surface area contributed by atoms with Gasteiger partial charge in [0.1, 0.15) is 17.2 Å². The van der Waals surface area contributed by atoms with Crippen molar-refractivity contribution in [1.29, 1.82) is 0 Å². The van der Waals surface area contributed by atoms with Gasteiger partial charge in [-0.15, -0.1) is 0 Å². The third kappa shape index (κ3) is 16.4. The highest BCUT2D eigenvalue weighted by Gasteiger charge is 2.06. The number of para-hydroxylation sites is 3. The Hall–Kier alpha value is -4.26. The summed E-state index contributed by atoms with van der Waals surface area (Å²) in [5, 5.41) is 0. The summed E-state index contributed by atoms with van der Waals surface area (Å²) in [4.78, 5) is 0. The molecule has 0 saturated carbocycles. The lowest BCUT2D eigenvalue weighted by Gasteiger charge is -2.13. The second kappa shape index (κ2) is 24.1. The Morgan fingerprint density at radius 3 is 0.889 bits per heavy atom. The van der Waals surface area contributed by atoms with Crippen LogP contribution in [0.4, 0.5) is 0 Å². The standard InChI is InChI=1S/3C14H18O/c3*1-4-6-9-13-10-7-8-11-14(13)15-12(3)5-2/h3*7-8,10-12H,4-5H2,1-3H3/t2*12-;/m10./s1. The van der Waals surface area contributed by atoms with Gasteiger partial charge in [0.15, 0.2) is 0 Å². The molecular weight excluding hydrogens is 552 g/mol. The Labute approximate surface area is 275 Å². The summed E-state index contributed by atoms with van der Waals surface area (Å²) in [6, 6.07) is 23.8. The molecule has 3 rings (SSSR count). The fourth-order valence-corrected chi connectivity index (χ4v) is 3.47. The highest BCUT2D eigenvalue weighted by atomic mass is 16.5. The molecule has 240 valence electrons. The molecule has 0 saturated heterocycles. The minimum absolute atomic E-state index is 0.245. The van der Waals surface area contributed by atoms with Crippen LogP contribution in [0.3, 0.4) is 0 Å². The largest absolute Gasteiger partial charge is 0.489 e. The fourth-order valence-electron chi connectivity index (χ4n) is 3.47. The van der Waals surface area contributed by atoms with Crippen molar-refractivity contribution >= 4 is 0 Å². The molecule has 3 heteroatoms. The summed E-state index contributed by atoms with van der Waals surface area (Å²) in [6.45, 7) is 18.7. The minimum Gasteiger partial charge on any atom is -0.489 e. The van der Waals surface area contributed by atoms with Crippen LogP contribution in [0.2, 0.25) is 0 Å². The second-order valence-corrected chi connectivity index (χ2v) is 10.5. The van der Waals surface area contributed by atoms with E-state index >= 15 is 0 Å². The number of benzene rings is 3. The Morgan fingerprint density at radius 2 is 0.667 bits per heavy atom. The van der Waals surface area contributed by atoms with Crippen LogP contribution in [0, 0.1) is 35.5 Å². The molecule has 3 aromatic rings. The first-order valence-electron chi connectivity index (χ1n) is 16.6. The smallest absolute Gasteiger partial charge is 0.135 e. The third-order valence-corrected chi connectivity index (χ3v) is 6.57. The number of hydrogen-bond donors (Lipinski definition) is 0. The summed E-state index contributed by atoms with van der Waals surface area (Å²) >= 11 is 0. The van der Waals surface area contributed by atoms with Crippen LogP contribution < -0.4 is 14.2 Å². The van der Waals surface area contributed by atoms with Crippen LogP contribution in [0.1, 0.15) is 118 Å². The van der Waals surface area contributed by atoms with E-state index in [4.69, 9.17) is 14.2 Å². The molecular formula is C42H54O3. The van der Waals surface area contributed by atoms with E-state index in [1.54, 1.807) is 0 Å². The maximum atomic E-state index is 5.79. The van der Waals surface area contributed by atoms with Crippen molar-refractivity contribution in [2.45, 2.75) is 119 Å². The zero-order valence-electron chi connectivity index (χ0n) is 29.1. The monoisotopic (exact) mass is 606 g/mol. The van der Waals surface area contributed by atoms with E-state index in [-0.39, 0.29) is 18.3 Å². The van der Waals surface area contributed by atoms with Crippen molar-refractivity contribution in [3.63, 3.8) is 0 Å². The van der Waals surface area contributed by atoms with Crippen LogP contribution >= 0.6 is 0 Å². The molecule has 45 heavy (non-hydrogen) atoms. The first-order chi connectivity index (χ1) is 21.8. The van der Waals surface area contributed by atoms with E-state index in [1.165, 1.54) is 0 Å². The van der Waals surface area contributed by atoms with Gasteiger partial charge >= 0.3 is 0 Å². The quantitative estimate of drug-likeness (QED) is 0.227. The molecule has 0 spiro atoms.